The second-order valence-electron chi connectivity index (χ2n) is 4.26. The third kappa shape index (κ3) is 2.61. The molecule has 0 spiro atoms. The van der Waals surface area contributed by atoms with Crippen molar-refractivity contribution in [3.8, 4) is 0 Å². The third-order valence-corrected chi connectivity index (χ3v) is 3.29. The second kappa shape index (κ2) is 5.49. The van der Waals surface area contributed by atoms with E-state index in [0.717, 1.165) is 0 Å². The molecule has 1 aromatic heterocycles. The third-order valence-electron chi connectivity index (χ3n) is 2.99. The number of aliphatic hydroxyl groups excluding tert-OH is 4. The van der Waals surface area contributed by atoms with Crippen molar-refractivity contribution in [3.63, 3.8) is 0 Å². The molecule has 2 rings (SSSR count). The summed E-state index contributed by atoms with van der Waals surface area (Å²) in [7, 11) is 0. The Hall–Kier alpha value is -1.10. The number of ether oxygens (including phenoxy) is 1. The van der Waals surface area contributed by atoms with Crippen LogP contribution >= 0.6 is 12.2 Å². The molecule has 19 heavy (non-hydrogen) atoms. The van der Waals surface area contributed by atoms with Gasteiger partial charge in [-0.15, -0.1) is 0 Å². The molecule has 6 N–H and O–H groups in total. The quantitative estimate of drug-likeness (QED) is 0.401. The van der Waals surface area contributed by atoms with Gasteiger partial charge in [0.25, 0.3) is 0 Å². The highest BCUT2D eigenvalue weighted by atomic mass is 32.1. The topological polar surface area (TPSA) is 134 Å². The summed E-state index contributed by atoms with van der Waals surface area (Å²) in [4.78, 5) is 3.84. The zero-order chi connectivity index (χ0) is 14.2. The molecule has 106 valence electrons. The monoisotopic (exact) mass is 289 g/mol. The Morgan fingerprint density at radius 2 is 2.00 bits per heavy atom. The largest absolute Gasteiger partial charge is 0.394 e. The van der Waals surface area contributed by atoms with Gasteiger partial charge in [-0.25, -0.2) is 4.98 Å². The maximum Gasteiger partial charge on any atom is 0.203 e. The Balaban J connectivity index is 2.35. The number of anilines is 1. The fourth-order valence-corrected chi connectivity index (χ4v) is 2.20. The number of nitrogen functional groups attached to an aromatic ring is 1. The van der Waals surface area contributed by atoms with E-state index in [0.29, 0.717) is 0 Å². The number of aliphatic hydroxyl groups is 4. The van der Waals surface area contributed by atoms with Crippen LogP contribution in [0.5, 0.6) is 0 Å². The number of aromatic nitrogens is 2. The first kappa shape index (κ1) is 14.3. The van der Waals surface area contributed by atoms with Gasteiger partial charge in [-0.1, -0.05) is 0 Å². The van der Waals surface area contributed by atoms with Gasteiger partial charge in [0.1, 0.15) is 30.2 Å². The van der Waals surface area contributed by atoms with Gasteiger partial charge in [0, 0.05) is 6.20 Å². The van der Waals surface area contributed by atoms with Crippen LogP contribution in [0.3, 0.4) is 0 Å². The maximum absolute atomic E-state index is 9.93. The first-order chi connectivity index (χ1) is 8.95. The van der Waals surface area contributed by atoms with E-state index in [1.807, 2.05) is 0 Å². The van der Waals surface area contributed by atoms with Crippen molar-refractivity contribution >= 4 is 18.0 Å². The van der Waals surface area contributed by atoms with Gasteiger partial charge < -0.3 is 30.9 Å². The second-order valence-corrected chi connectivity index (χ2v) is 4.63. The van der Waals surface area contributed by atoms with Gasteiger partial charge >= 0.3 is 0 Å². The van der Waals surface area contributed by atoms with Crippen molar-refractivity contribution in [3.05, 3.63) is 17.0 Å². The number of rotatable bonds is 2. The Labute approximate surface area is 113 Å². The number of hydrogen-bond donors (Lipinski definition) is 5. The molecule has 0 bridgehead atoms. The molecular weight excluding hydrogens is 274 g/mol. The normalized spacial score (nSPS) is 35.3. The van der Waals surface area contributed by atoms with E-state index < -0.39 is 37.3 Å². The molecule has 9 heteroatoms. The van der Waals surface area contributed by atoms with Crippen LogP contribution in [-0.4, -0.2) is 61.0 Å². The smallest absolute Gasteiger partial charge is 0.203 e. The van der Waals surface area contributed by atoms with Crippen molar-refractivity contribution in [2.45, 2.75) is 30.6 Å². The summed E-state index contributed by atoms with van der Waals surface area (Å²) in [5.41, 5.74) is 5.47. The lowest BCUT2D eigenvalue weighted by molar-refractivity contribution is -0.251. The molecule has 2 heterocycles. The Kier molecular flexibility index (Phi) is 4.13. The van der Waals surface area contributed by atoms with E-state index in [9.17, 15) is 15.3 Å². The summed E-state index contributed by atoms with van der Waals surface area (Å²) in [6.45, 7) is -0.503. The molecule has 0 saturated carbocycles. The highest BCUT2D eigenvalue weighted by Gasteiger charge is 2.44. The first-order valence-corrected chi connectivity index (χ1v) is 6.01. The first-order valence-electron chi connectivity index (χ1n) is 5.61. The van der Waals surface area contributed by atoms with Crippen LogP contribution in [0.1, 0.15) is 6.23 Å². The lowest BCUT2D eigenvalue weighted by Gasteiger charge is -2.40. The van der Waals surface area contributed by atoms with Crippen molar-refractivity contribution in [2.75, 3.05) is 12.3 Å². The van der Waals surface area contributed by atoms with E-state index in [1.165, 1.54) is 16.8 Å². The fraction of sp³-hybridized carbons (Fsp3) is 0.600. The van der Waals surface area contributed by atoms with Crippen LogP contribution in [0.2, 0.25) is 0 Å². The van der Waals surface area contributed by atoms with E-state index >= 15 is 0 Å². The number of nitrogens with two attached hydrogens (primary N) is 1. The van der Waals surface area contributed by atoms with Gasteiger partial charge in [-0.3, -0.25) is 4.57 Å². The van der Waals surface area contributed by atoms with Crippen LogP contribution in [0.15, 0.2) is 12.3 Å². The fourth-order valence-electron chi connectivity index (χ4n) is 1.93. The average molecular weight is 289 g/mol. The molecule has 1 fully saturated rings. The van der Waals surface area contributed by atoms with Crippen molar-refractivity contribution in [1.29, 1.82) is 0 Å². The van der Waals surface area contributed by atoms with Crippen molar-refractivity contribution in [2.24, 2.45) is 0 Å². The molecule has 3 unspecified atom stereocenters. The minimum Gasteiger partial charge on any atom is -0.394 e. The predicted octanol–water partition coefficient (Wildman–Crippen LogP) is -1.83. The molecule has 1 aliphatic rings. The van der Waals surface area contributed by atoms with E-state index in [4.69, 9.17) is 27.8 Å². The molecule has 0 amide bonds. The van der Waals surface area contributed by atoms with E-state index in [1.54, 1.807) is 0 Å². The molecule has 0 aromatic carbocycles. The van der Waals surface area contributed by atoms with Crippen LogP contribution in [0.25, 0.3) is 0 Å². The summed E-state index contributed by atoms with van der Waals surface area (Å²) >= 11 is 4.99. The summed E-state index contributed by atoms with van der Waals surface area (Å²) in [6.07, 6.45) is -4.88. The van der Waals surface area contributed by atoms with Crippen molar-refractivity contribution < 1.29 is 25.2 Å². The molecule has 1 aromatic rings. The molecular formula is C10H15N3O5S. The van der Waals surface area contributed by atoms with Gasteiger partial charge in [0.15, 0.2) is 6.23 Å². The zero-order valence-corrected chi connectivity index (χ0v) is 10.6. The van der Waals surface area contributed by atoms with Crippen LogP contribution < -0.4 is 5.73 Å². The predicted molar refractivity (Wildman–Crippen MR) is 66.5 cm³/mol. The van der Waals surface area contributed by atoms with E-state index in [2.05, 4.69) is 4.98 Å². The Morgan fingerprint density at radius 3 is 2.58 bits per heavy atom. The van der Waals surface area contributed by atoms with Crippen LogP contribution in [0, 0.1) is 4.77 Å². The summed E-state index contributed by atoms with van der Waals surface area (Å²) in [6, 6.07) is 1.46. The lowest BCUT2D eigenvalue weighted by Crippen LogP contribution is -2.56. The van der Waals surface area contributed by atoms with Crippen LogP contribution in [-0.2, 0) is 4.74 Å². The molecule has 8 nitrogen and oxygen atoms in total. The highest BCUT2D eigenvalue weighted by Crippen LogP contribution is 2.28. The number of nitrogens with zero attached hydrogens (tertiary/aromatic N) is 2. The molecule has 0 radical (unpaired) electrons. The lowest BCUT2D eigenvalue weighted by atomic mass is 9.98. The molecule has 5 atom stereocenters. The van der Waals surface area contributed by atoms with Gasteiger partial charge in [0.2, 0.25) is 4.77 Å². The molecule has 1 saturated heterocycles. The maximum atomic E-state index is 9.93. The SMILES string of the molecule is Nc1ccn([C@H]2OC(CO)[C@@H](O)C(O)C2O)c(=S)n1. The van der Waals surface area contributed by atoms with Gasteiger partial charge in [-0.05, 0) is 18.3 Å². The average Bonchev–Trinajstić information content (AvgIpc) is 2.38. The zero-order valence-electron chi connectivity index (χ0n) is 9.83. The minimum absolute atomic E-state index is 0.0596. The minimum atomic E-state index is -1.46. The van der Waals surface area contributed by atoms with Gasteiger partial charge in [0.05, 0.1) is 6.61 Å². The van der Waals surface area contributed by atoms with E-state index in [-0.39, 0.29) is 10.6 Å². The van der Waals surface area contributed by atoms with Gasteiger partial charge in [-0.2, -0.15) is 0 Å². The summed E-state index contributed by atoms with van der Waals surface area (Å²) in [5.74, 6) is 0.214. The summed E-state index contributed by atoms with van der Waals surface area (Å²) in [5, 5.41) is 38.4. The Morgan fingerprint density at radius 1 is 1.32 bits per heavy atom. The van der Waals surface area contributed by atoms with Crippen molar-refractivity contribution in [1.82, 2.24) is 9.55 Å². The highest BCUT2D eigenvalue weighted by molar-refractivity contribution is 7.71. The standard InChI is InChI=1S/C10H15N3O5S/c11-5-1-2-13(10(19)12-5)9-8(17)7(16)6(15)4(3-14)18-9/h1-2,4,6-9,14-17H,3H2,(H2,11,12,19)/t4?,6-,7?,8?,9+/m1/s1. The van der Waals surface area contributed by atoms with Crippen LogP contribution in [0.4, 0.5) is 5.82 Å². The molecule has 1 aliphatic heterocycles. The Bertz CT molecular complexity index is 508. The summed E-state index contributed by atoms with van der Waals surface area (Å²) < 4.78 is 6.70. The number of hydrogen-bond acceptors (Lipinski definition) is 8. The molecule has 0 aliphatic carbocycles.